The number of carbonyl (C=O) groups is 1. The number of H-pyrrole nitrogens is 1. The number of hydrogen-bond acceptors (Lipinski definition) is 3. The summed E-state index contributed by atoms with van der Waals surface area (Å²) in [6.45, 7) is 6.57. The summed E-state index contributed by atoms with van der Waals surface area (Å²) in [5.41, 5.74) is 7.71. The van der Waals surface area contributed by atoms with Gasteiger partial charge in [-0.3, -0.25) is 9.89 Å². The van der Waals surface area contributed by atoms with E-state index in [9.17, 15) is 4.79 Å². The third-order valence-corrected chi connectivity index (χ3v) is 4.11. The lowest BCUT2D eigenvalue weighted by Gasteiger charge is -2.31. The van der Waals surface area contributed by atoms with Crippen molar-refractivity contribution in [1.29, 1.82) is 0 Å². The zero-order valence-corrected chi connectivity index (χ0v) is 12.7. The van der Waals surface area contributed by atoms with Gasteiger partial charge in [0, 0.05) is 6.04 Å². The molecule has 0 saturated heterocycles. The van der Waals surface area contributed by atoms with Crippen molar-refractivity contribution in [3.8, 4) is 0 Å². The maximum absolute atomic E-state index is 12.3. The first kappa shape index (κ1) is 14.9. The van der Waals surface area contributed by atoms with Crippen LogP contribution in [0.3, 0.4) is 0 Å². The molecule has 2 unspecified atom stereocenters. The van der Waals surface area contributed by atoms with Crippen LogP contribution in [0.5, 0.6) is 0 Å². The number of carbonyl (C=O) groups excluding carboxylic acids is 1. The minimum atomic E-state index is -0.146. The number of hydrogen-bond donors (Lipinski definition) is 3. The fourth-order valence-corrected chi connectivity index (χ4v) is 3.32. The number of nitrogens with two attached hydrogens (primary N) is 1. The molecule has 0 spiro atoms. The van der Waals surface area contributed by atoms with Gasteiger partial charge in [0.25, 0.3) is 5.91 Å². The Morgan fingerprint density at radius 1 is 1.35 bits per heavy atom. The van der Waals surface area contributed by atoms with Crippen molar-refractivity contribution in [2.75, 3.05) is 5.73 Å². The Balaban J connectivity index is 2.01. The van der Waals surface area contributed by atoms with E-state index < -0.39 is 0 Å². The number of nitrogens with one attached hydrogen (secondary N) is 2. The molecular weight excluding hydrogens is 252 g/mol. The van der Waals surface area contributed by atoms with E-state index in [2.05, 4.69) is 36.3 Å². The number of aryl methyl sites for hydroxylation is 1. The first-order valence-corrected chi connectivity index (χ1v) is 7.64. The van der Waals surface area contributed by atoms with Crippen molar-refractivity contribution in [1.82, 2.24) is 15.5 Å². The lowest BCUT2D eigenvalue weighted by atomic mass is 9.80. The van der Waals surface area contributed by atoms with Crippen LogP contribution in [-0.2, 0) is 6.42 Å². The summed E-state index contributed by atoms with van der Waals surface area (Å²) in [4.78, 5) is 12.3. The summed E-state index contributed by atoms with van der Waals surface area (Å²) in [7, 11) is 0. The van der Waals surface area contributed by atoms with Gasteiger partial charge in [0.2, 0.25) is 0 Å². The maximum atomic E-state index is 12.3. The third kappa shape index (κ3) is 3.32. The highest BCUT2D eigenvalue weighted by Gasteiger charge is 2.26. The van der Waals surface area contributed by atoms with Gasteiger partial charge in [-0.25, -0.2) is 0 Å². The average Bonchev–Trinajstić information content (AvgIpc) is 2.70. The first-order chi connectivity index (χ1) is 9.51. The van der Waals surface area contributed by atoms with E-state index in [1.165, 1.54) is 6.42 Å². The molecule has 0 bridgehead atoms. The monoisotopic (exact) mass is 278 g/mol. The van der Waals surface area contributed by atoms with Crippen LogP contribution >= 0.6 is 0 Å². The second-order valence-electron chi connectivity index (χ2n) is 6.30. The van der Waals surface area contributed by atoms with E-state index in [0.717, 1.165) is 31.4 Å². The Morgan fingerprint density at radius 3 is 2.60 bits per heavy atom. The molecule has 20 heavy (non-hydrogen) atoms. The van der Waals surface area contributed by atoms with Crippen LogP contribution in [0.1, 0.15) is 62.6 Å². The summed E-state index contributed by atoms with van der Waals surface area (Å²) in [5.74, 6) is 1.18. The second kappa shape index (κ2) is 6.29. The van der Waals surface area contributed by atoms with Crippen LogP contribution in [0, 0.1) is 11.8 Å². The summed E-state index contributed by atoms with van der Waals surface area (Å²) in [6.07, 6.45) is 5.14. The van der Waals surface area contributed by atoms with Crippen molar-refractivity contribution in [3.05, 3.63) is 11.4 Å². The average molecular weight is 278 g/mol. The molecule has 2 rings (SSSR count). The number of rotatable bonds is 4. The van der Waals surface area contributed by atoms with E-state index in [-0.39, 0.29) is 11.9 Å². The lowest BCUT2D eigenvalue weighted by molar-refractivity contribution is 0.0907. The highest BCUT2D eigenvalue weighted by atomic mass is 16.2. The van der Waals surface area contributed by atoms with Gasteiger partial charge in [0.05, 0.1) is 11.4 Å². The molecule has 5 nitrogen and oxygen atoms in total. The van der Waals surface area contributed by atoms with Gasteiger partial charge in [-0.1, -0.05) is 27.2 Å². The predicted octanol–water partition coefficient (Wildman–Crippen LogP) is 2.50. The summed E-state index contributed by atoms with van der Waals surface area (Å²) >= 11 is 0. The highest BCUT2D eigenvalue weighted by Crippen LogP contribution is 2.28. The highest BCUT2D eigenvalue weighted by molar-refractivity contribution is 5.97. The zero-order chi connectivity index (χ0) is 14.7. The first-order valence-electron chi connectivity index (χ1n) is 7.64. The molecule has 112 valence electrons. The standard InChI is InChI=1S/C15H26N4O/c1-4-5-12-13(16)14(19-18-12)15(20)17-11-7-9(2)6-10(3)8-11/h9-11H,4-8,16H2,1-3H3,(H,17,20)(H,18,19). The van der Waals surface area contributed by atoms with Gasteiger partial charge in [-0.05, 0) is 37.5 Å². The van der Waals surface area contributed by atoms with Gasteiger partial charge in [0.1, 0.15) is 0 Å². The minimum Gasteiger partial charge on any atom is -0.395 e. The molecule has 0 aromatic carbocycles. The number of nitrogens with zero attached hydrogens (tertiary/aromatic N) is 1. The fraction of sp³-hybridized carbons (Fsp3) is 0.733. The molecule has 1 fully saturated rings. The van der Waals surface area contributed by atoms with Gasteiger partial charge in [0.15, 0.2) is 5.69 Å². The molecule has 1 saturated carbocycles. The Hall–Kier alpha value is -1.52. The van der Waals surface area contributed by atoms with Crippen LogP contribution in [0.4, 0.5) is 5.69 Å². The summed E-state index contributed by atoms with van der Waals surface area (Å²) in [6, 6.07) is 0.243. The summed E-state index contributed by atoms with van der Waals surface area (Å²) in [5, 5.41) is 10.0. The zero-order valence-electron chi connectivity index (χ0n) is 12.7. The van der Waals surface area contributed by atoms with Gasteiger partial charge in [-0.2, -0.15) is 5.10 Å². The number of anilines is 1. The molecule has 1 aliphatic rings. The molecule has 1 heterocycles. The van der Waals surface area contributed by atoms with Crippen molar-refractivity contribution in [2.45, 2.75) is 58.9 Å². The largest absolute Gasteiger partial charge is 0.395 e. The van der Waals surface area contributed by atoms with Gasteiger partial charge in [-0.15, -0.1) is 0 Å². The van der Waals surface area contributed by atoms with Crippen LogP contribution in [-0.4, -0.2) is 22.1 Å². The Kier molecular flexibility index (Phi) is 4.68. The molecule has 1 aromatic rings. The van der Waals surface area contributed by atoms with E-state index in [1.54, 1.807) is 0 Å². The van der Waals surface area contributed by atoms with E-state index in [1.807, 2.05) is 0 Å². The van der Waals surface area contributed by atoms with Crippen LogP contribution in [0.15, 0.2) is 0 Å². The number of amides is 1. The molecule has 0 aliphatic heterocycles. The van der Waals surface area contributed by atoms with Crippen LogP contribution in [0.25, 0.3) is 0 Å². The predicted molar refractivity (Wildman–Crippen MR) is 80.4 cm³/mol. The van der Waals surface area contributed by atoms with Crippen molar-refractivity contribution >= 4 is 11.6 Å². The van der Waals surface area contributed by atoms with Crippen molar-refractivity contribution in [3.63, 3.8) is 0 Å². The quantitative estimate of drug-likeness (QED) is 0.791. The SMILES string of the molecule is CCCc1[nH]nc(C(=O)NC2CC(C)CC(C)C2)c1N. The Morgan fingerprint density at radius 2 is 2.00 bits per heavy atom. The number of aromatic nitrogens is 2. The van der Waals surface area contributed by atoms with Gasteiger partial charge < -0.3 is 11.1 Å². The Labute approximate surface area is 120 Å². The second-order valence-corrected chi connectivity index (χ2v) is 6.30. The topological polar surface area (TPSA) is 83.8 Å². The molecule has 4 N–H and O–H groups in total. The molecular formula is C15H26N4O. The van der Waals surface area contributed by atoms with Gasteiger partial charge >= 0.3 is 0 Å². The third-order valence-electron chi connectivity index (χ3n) is 4.11. The molecule has 1 amide bonds. The Bertz CT molecular complexity index is 458. The lowest BCUT2D eigenvalue weighted by Crippen LogP contribution is -2.40. The molecule has 0 radical (unpaired) electrons. The number of aromatic amines is 1. The van der Waals surface area contributed by atoms with Crippen molar-refractivity contribution < 1.29 is 4.79 Å². The maximum Gasteiger partial charge on any atom is 0.274 e. The van der Waals surface area contributed by atoms with E-state index in [0.29, 0.717) is 23.2 Å². The molecule has 1 aromatic heterocycles. The van der Waals surface area contributed by atoms with E-state index >= 15 is 0 Å². The number of nitrogen functional groups attached to an aromatic ring is 1. The molecule has 5 heteroatoms. The van der Waals surface area contributed by atoms with Crippen molar-refractivity contribution in [2.24, 2.45) is 11.8 Å². The molecule has 1 aliphatic carbocycles. The smallest absolute Gasteiger partial charge is 0.274 e. The fourth-order valence-electron chi connectivity index (χ4n) is 3.32. The van der Waals surface area contributed by atoms with Crippen LogP contribution < -0.4 is 11.1 Å². The molecule has 2 atom stereocenters. The minimum absolute atomic E-state index is 0.146. The van der Waals surface area contributed by atoms with E-state index in [4.69, 9.17) is 5.73 Å². The summed E-state index contributed by atoms with van der Waals surface area (Å²) < 4.78 is 0. The van der Waals surface area contributed by atoms with Crippen LogP contribution in [0.2, 0.25) is 0 Å². The normalized spacial score (nSPS) is 26.4.